The van der Waals surface area contributed by atoms with E-state index in [0.717, 1.165) is 6.42 Å². The number of nitrogens with one attached hydrogen (secondary N) is 1. The molecule has 0 spiro atoms. The summed E-state index contributed by atoms with van der Waals surface area (Å²) in [6.45, 7) is 5.34. The lowest BCUT2D eigenvalue weighted by Gasteiger charge is -2.24. The minimum atomic E-state index is -0.705. The number of esters is 1. The van der Waals surface area contributed by atoms with Crippen molar-refractivity contribution >= 4 is 29.2 Å². The van der Waals surface area contributed by atoms with E-state index < -0.39 is 5.97 Å². The molecule has 0 radical (unpaired) electrons. The van der Waals surface area contributed by atoms with E-state index in [0.29, 0.717) is 0 Å². The third-order valence-electron chi connectivity index (χ3n) is 3.23. The van der Waals surface area contributed by atoms with Crippen LogP contribution >= 0.6 is 11.6 Å². The van der Waals surface area contributed by atoms with Crippen molar-refractivity contribution in [2.75, 3.05) is 19.5 Å². The quantitative estimate of drug-likeness (QED) is 0.618. The fraction of sp³-hybridized carbons (Fsp3) is 0.467. The molecule has 1 aromatic carbocycles. The summed E-state index contributed by atoms with van der Waals surface area (Å²) in [7, 11) is 1.40. The van der Waals surface area contributed by atoms with Gasteiger partial charge in [-0.1, -0.05) is 18.5 Å². The normalized spacial score (nSPS) is 11.0. The first-order valence-electron chi connectivity index (χ1n) is 6.81. The van der Waals surface area contributed by atoms with Gasteiger partial charge in [-0.15, -0.1) is 0 Å². The van der Waals surface area contributed by atoms with E-state index in [1.807, 2.05) is 20.8 Å². The van der Waals surface area contributed by atoms with Crippen LogP contribution in [0, 0.1) is 0 Å². The lowest BCUT2D eigenvalue weighted by atomic mass is 10.0. The van der Waals surface area contributed by atoms with E-state index >= 15 is 0 Å². The first-order valence-corrected chi connectivity index (χ1v) is 7.19. The van der Waals surface area contributed by atoms with Gasteiger partial charge in [0.25, 0.3) is 5.91 Å². The Bertz CT molecular complexity index is 573. The molecule has 1 aromatic rings. The number of nitrogen functional groups attached to an aromatic ring is 1. The molecule has 0 unspecified atom stereocenters. The Labute approximate surface area is 134 Å². The number of hydrogen-bond donors (Lipinski definition) is 2. The highest BCUT2D eigenvalue weighted by atomic mass is 35.5. The van der Waals surface area contributed by atoms with E-state index in [2.05, 4.69) is 5.32 Å². The van der Waals surface area contributed by atoms with Gasteiger partial charge in [0.05, 0.1) is 17.8 Å². The van der Waals surface area contributed by atoms with Gasteiger partial charge in [-0.2, -0.15) is 0 Å². The van der Waals surface area contributed by atoms with Gasteiger partial charge in [0.2, 0.25) is 0 Å². The molecular formula is C15H21ClN2O4. The largest absolute Gasteiger partial charge is 0.496 e. The van der Waals surface area contributed by atoms with Gasteiger partial charge in [0.15, 0.2) is 6.61 Å². The van der Waals surface area contributed by atoms with Gasteiger partial charge in [0, 0.05) is 11.6 Å². The number of methoxy groups -OCH3 is 1. The van der Waals surface area contributed by atoms with Crippen molar-refractivity contribution < 1.29 is 19.1 Å². The van der Waals surface area contributed by atoms with Gasteiger partial charge < -0.3 is 20.5 Å². The van der Waals surface area contributed by atoms with Crippen molar-refractivity contribution in [2.45, 2.75) is 32.7 Å². The summed E-state index contributed by atoms with van der Waals surface area (Å²) in [6, 6.07) is 2.78. The Kier molecular flexibility index (Phi) is 6.05. The van der Waals surface area contributed by atoms with Gasteiger partial charge >= 0.3 is 5.97 Å². The fourth-order valence-electron chi connectivity index (χ4n) is 1.61. The summed E-state index contributed by atoms with van der Waals surface area (Å²) in [5.74, 6) is -0.842. The van der Waals surface area contributed by atoms with Crippen LogP contribution in [0.4, 0.5) is 5.69 Å². The molecule has 3 N–H and O–H groups in total. The molecule has 0 fully saturated rings. The number of amides is 1. The predicted octanol–water partition coefficient (Wildman–Crippen LogP) is 2.39. The molecule has 0 heterocycles. The van der Waals surface area contributed by atoms with E-state index in [-0.39, 0.29) is 40.1 Å². The van der Waals surface area contributed by atoms with E-state index in [9.17, 15) is 9.59 Å². The van der Waals surface area contributed by atoms with Crippen LogP contribution in [0.1, 0.15) is 37.6 Å². The number of anilines is 1. The maximum absolute atomic E-state index is 12.0. The highest BCUT2D eigenvalue weighted by Gasteiger charge is 2.21. The summed E-state index contributed by atoms with van der Waals surface area (Å²) in [6.07, 6.45) is 0.758. The molecule has 0 aliphatic rings. The smallest absolute Gasteiger partial charge is 0.342 e. The van der Waals surface area contributed by atoms with E-state index in [1.54, 1.807) is 0 Å². The topological polar surface area (TPSA) is 90.7 Å². The number of hydrogen-bond acceptors (Lipinski definition) is 5. The first kappa shape index (κ1) is 18.1. The zero-order chi connectivity index (χ0) is 16.9. The molecule has 122 valence electrons. The maximum atomic E-state index is 12.0. The Hall–Kier alpha value is -1.95. The summed E-state index contributed by atoms with van der Waals surface area (Å²) in [5.41, 5.74) is 5.69. The molecule has 0 aliphatic heterocycles. The van der Waals surface area contributed by atoms with Crippen LogP contribution < -0.4 is 15.8 Å². The van der Waals surface area contributed by atoms with Crippen LogP contribution in [0.15, 0.2) is 12.1 Å². The fourth-order valence-corrected chi connectivity index (χ4v) is 1.77. The summed E-state index contributed by atoms with van der Waals surface area (Å²) >= 11 is 5.89. The Morgan fingerprint density at radius 2 is 2.00 bits per heavy atom. The van der Waals surface area contributed by atoms with Gasteiger partial charge in [0.1, 0.15) is 11.3 Å². The number of nitrogens with two attached hydrogens (primary N) is 1. The second-order valence-electron chi connectivity index (χ2n) is 5.44. The third-order valence-corrected chi connectivity index (χ3v) is 3.56. The molecule has 7 heteroatoms. The van der Waals surface area contributed by atoms with Gasteiger partial charge in [-0.05, 0) is 26.3 Å². The number of ether oxygens (including phenoxy) is 2. The van der Waals surface area contributed by atoms with Crippen LogP contribution in [0.3, 0.4) is 0 Å². The Balaban J connectivity index is 2.74. The molecule has 0 saturated heterocycles. The van der Waals surface area contributed by atoms with Crippen molar-refractivity contribution in [3.63, 3.8) is 0 Å². The monoisotopic (exact) mass is 328 g/mol. The highest BCUT2D eigenvalue weighted by Crippen LogP contribution is 2.29. The summed E-state index contributed by atoms with van der Waals surface area (Å²) in [5, 5.41) is 2.98. The number of rotatable bonds is 6. The minimum Gasteiger partial charge on any atom is -0.496 e. The van der Waals surface area contributed by atoms with E-state index in [4.69, 9.17) is 26.8 Å². The number of halogens is 1. The highest BCUT2D eigenvalue weighted by molar-refractivity contribution is 6.33. The van der Waals surface area contributed by atoms with Crippen LogP contribution in [-0.4, -0.2) is 31.1 Å². The third kappa shape index (κ3) is 4.80. The SMILES string of the molecule is CCC(C)(C)NC(=O)COC(=O)c1cc(Cl)c(N)cc1OC. The van der Waals surface area contributed by atoms with Crippen LogP contribution in [0.2, 0.25) is 5.02 Å². The average Bonchev–Trinajstić information content (AvgIpc) is 2.46. The van der Waals surface area contributed by atoms with Gasteiger partial charge in [-0.3, -0.25) is 4.79 Å². The minimum absolute atomic E-state index is 0.115. The first-order chi connectivity index (χ1) is 10.2. The second kappa shape index (κ2) is 7.35. The average molecular weight is 329 g/mol. The standard InChI is InChI=1S/C15H21ClN2O4/c1-5-15(2,3)18-13(19)8-22-14(20)9-6-10(16)11(17)7-12(9)21-4/h6-7H,5,8,17H2,1-4H3,(H,18,19). The molecule has 1 amide bonds. The zero-order valence-corrected chi connectivity index (χ0v) is 13.9. The maximum Gasteiger partial charge on any atom is 0.342 e. The predicted molar refractivity (Wildman–Crippen MR) is 85.2 cm³/mol. The second-order valence-corrected chi connectivity index (χ2v) is 5.84. The molecular weight excluding hydrogens is 308 g/mol. The number of carbonyl (C=O) groups excluding carboxylic acids is 2. The summed E-state index contributed by atoms with van der Waals surface area (Å²) in [4.78, 5) is 23.8. The van der Waals surface area contributed by atoms with Crippen molar-refractivity contribution in [1.82, 2.24) is 5.32 Å². The molecule has 22 heavy (non-hydrogen) atoms. The Morgan fingerprint density at radius 3 is 2.55 bits per heavy atom. The molecule has 0 bridgehead atoms. The van der Waals surface area contributed by atoms with Crippen molar-refractivity contribution in [1.29, 1.82) is 0 Å². The van der Waals surface area contributed by atoms with Gasteiger partial charge in [-0.25, -0.2) is 4.79 Å². The van der Waals surface area contributed by atoms with Crippen molar-refractivity contribution in [3.8, 4) is 5.75 Å². The van der Waals surface area contributed by atoms with Crippen LogP contribution in [0.5, 0.6) is 5.75 Å². The van der Waals surface area contributed by atoms with Crippen LogP contribution in [0.25, 0.3) is 0 Å². The molecule has 0 saturated carbocycles. The Morgan fingerprint density at radius 1 is 1.36 bits per heavy atom. The number of benzene rings is 1. The number of carbonyl (C=O) groups is 2. The lowest BCUT2D eigenvalue weighted by Crippen LogP contribution is -2.44. The molecule has 6 nitrogen and oxygen atoms in total. The van der Waals surface area contributed by atoms with Crippen LogP contribution in [-0.2, 0) is 9.53 Å². The molecule has 0 aromatic heterocycles. The zero-order valence-electron chi connectivity index (χ0n) is 13.2. The van der Waals surface area contributed by atoms with E-state index in [1.165, 1.54) is 19.2 Å². The lowest BCUT2D eigenvalue weighted by molar-refractivity contribution is -0.125. The molecule has 0 aliphatic carbocycles. The van der Waals surface area contributed by atoms with Crippen molar-refractivity contribution in [2.24, 2.45) is 0 Å². The molecule has 1 rings (SSSR count). The van der Waals surface area contributed by atoms with Crippen molar-refractivity contribution in [3.05, 3.63) is 22.7 Å². The molecule has 0 atom stereocenters. The summed E-state index contributed by atoms with van der Waals surface area (Å²) < 4.78 is 10.1.